The summed E-state index contributed by atoms with van der Waals surface area (Å²) in [7, 11) is 0. The van der Waals surface area contributed by atoms with Crippen molar-refractivity contribution in [2.45, 2.75) is 0 Å². The second-order valence-corrected chi connectivity index (χ2v) is 2.20. The molecule has 0 atom stereocenters. The Morgan fingerprint density at radius 2 is 2.70 bits per heavy atom. The molecule has 0 aliphatic heterocycles. The van der Waals surface area contributed by atoms with Crippen LogP contribution in [0.4, 0.5) is 4.79 Å². The van der Waals surface area contributed by atoms with E-state index in [1.807, 2.05) is 5.43 Å². The van der Waals surface area contributed by atoms with Gasteiger partial charge >= 0.3 is 6.09 Å². The zero-order valence-corrected chi connectivity index (χ0v) is 5.72. The predicted octanol–water partition coefficient (Wildman–Crippen LogP) is 0.105. The van der Waals surface area contributed by atoms with Gasteiger partial charge in [-0.1, -0.05) is 11.3 Å². The first-order valence-electron chi connectivity index (χ1n) is 2.40. The highest BCUT2D eigenvalue weighted by atomic mass is 32.1. The molecule has 0 radical (unpaired) electrons. The van der Waals surface area contributed by atoms with E-state index >= 15 is 0 Å². The lowest BCUT2D eigenvalue weighted by Crippen LogP contribution is -2.32. The molecule has 0 saturated heterocycles. The van der Waals surface area contributed by atoms with Crippen molar-refractivity contribution in [2.75, 3.05) is 0 Å². The Morgan fingerprint density at radius 3 is 3.20 bits per heavy atom. The molecule has 1 amide bonds. The van der Waals surface area contributed by atoms with E-state index in [0.717, 1.165) is 0 Å². The summed E-state index contributed by atoms with van der Waals surface area (Å²) < 4.78 is 4.58. The third-order valence-electron chi connectivity index (χ3n) is 0.721. The number of nitrogens with one attached hydrogen (secondary N) is 1. The molecule has 1 aromatic heterocycles. The highest BCUT2D eigenvalue weighted by molar-refractivity contribution is 7.11. The minimum absolute atomic E-state index is 0.419. The van der Waals surface area contributed by atoms with E-state index in [0.29, 0.717) is 5.06 Å². The van der Waals surface area contributed by atoms with Crippen LogP contribution in [0.5, 0.6) is 5.06 Å². The van der Waals surface area contributed by atoms with E-state index in [1.54, 1.807) is 5.51 Å². The topological polar surface area (TPSA) is 77.2 Å². The second kappa shape index (κ2) is 3.14. The summed E-state index contributed by atoms with van der Waals surface area (Å²) in [5.41, 5.74) is 3.38. The number of nitrogens with zero attached hydrogens (tertiary/aromatic N) is 1. The van der Waals surface area contributed by atoms with Crippen molar-refractivity contribution in [3.63, 3.8) is 0 Å². The van der Waals surface area contributed by atoms with Gasteiger partial charge in [0, 0.05) is 0 Å². The lowest BCUT2D eigenvalue weighted by atomic mass is 10.9. The number of thiazole rings is 1. The van der Waals surface area contributed by atoms with Crippen molar-refractivity contribution in [1.82, 2.24) is 10.4 Å². The molecule has 1 aromatic rings. The number of carbonyl (C=O) groups excluding carboxylic acids is 1. The monoisotopic (exact) mass is 159 g/mol. The van der Waals surface area contributed by atoms with Crippen LogP contribution in [-0.2, 0) is 0 Å². The van der Waals surface area contributed by atoms with Crippen LogP contribution in [0.2, 0.25) is 0 Å². The van der Waals surface area contributed by atoms with Gasteiger partial charge in [0.05, 0.1) is 11.7 Å². The Morgan fingerprint density at radius 1 is 1.90 bits per heavy atom. The second-order valence-electron chi connectivity index (χ2n) is 1.35. The minimum atomic E-state index is -0.691. The summed E-state index contributed by atoms with van der Waals surface area (Å²) in [5, 5.41) is 0.419. The van der Waals surface area contributed by atoms with Crippen molar-refractivity contribution in [2.24, 2.45) is 5.84 Å². The molecule has 6 heteroatoms. The molecule has 10 heavy (non-hydrogen) atoms. The van der Waals surface area contributed by atoms with E-state index in [1.165, 1.54) is 17.5 Å². The molecule has 0 spiro atoms. The summed E-state index contributed by atoms with van der Waals surface area (Å²) in [4.78, 5) is 14.1. The molecular weight excluding hydrogens is 154 g/mol. The molecule has 1 heterocycles. The third-order valence-corrected chi connectivity index (χ3v) is 1.37. The van der Waals surface area contributed by atoms with Crippen LogP contribution in [0.1, 0.15) is 0 Å². The number of nitrogens with two attached hydrogens (primary N) is 1. The van der Waals surface area contributed by atoms with E-state index < -0.39 is 6.09 Å². The largest absolute Gasteiger partial charge is 0.427 e. The molecule has 0 bridgehead atoms. The van der Waals surface area contributed by atoms with E-state index in [9.17, 15) is 4.79 Å². The lowest BCUT2D eigenvalue weighted by Gasteiger charge is -1.96. The van der Waals surface area contributed by atoms with Crippen molar-refractivity contribution in [3.05, 3.63) is 11.7 Å². The fourth-order valence-corrected chi connectivity index (χ4v) is 0.846. The van der Waals surface area contributed by atoms with Gasteiger partial charge in [-0.25, -0.2) is 15.6 Å². The van der Waals surface area contributed by atoms with Gasteiger partial charge in [-0.05, 0) is 0 Å². The maximum atomic E-state index is 10.4. The van der Waals surface area contributed by atoms with Crippen molar-refractivity contribution >= 4 is 17.4 Å². The summed E-state index contributed by atoms with van der Waals surface area (Å²) in [6.07, 6.45) is 0.740. The normalized spacial score (nSPS) is 8.90. The van der Waals surface area contributed by atoms with Gasteiger partial charge in [0.2, 0.25) is 5.06 Å². The van der Waals surface area contributed by atoms with Crippen LogP contribution in [0.25, 0.3) is 0 Å². The summed E-state index contributed by atoms with van der Waals surface area (Å²) in [6, 6.07) is 0. The number of hydrogen-bond acceptors (Lipinski definition) is 5. The van der Waals surface area contributed by atoms with Gasteiger partial charge in [-0.15, -0.1) is 0 Å². The van der Waals surface area contributed by atoms with Crippen molar-refractivity contribution in [1.29, 1.82) is 0 Å². The molecule has 0 saturated carbocycles. The SMILES string of the molecule is NNC(=O)Oc1cncs1. The predicted molar refractivity (Wildman–Crippen MR) is 35.5 cm³/mol. The fraction of sp³-hybridized carbons (Fsp3) is 0. The van der Waals surface area contributed by atoms with Gasteiger partial charge in [0.1, 0.15) is 0 Å². The van der Waals surface area contributed by atoms with E-state index in [-0.39, 0.29) is 0 Å². The fourth-order valence-electron chi connectivity index (χ4n) is 0.375. The average Bonchev–Trinajstić information content (AvgIpc) is 2.40. The van der Waals surface area contributed by atoms with Crippen LogP contribution in [0, 0.1) is 0 Å². The van der Waals surface area contributed by atoms with E-state index in [2.05, 4.69) is 9.72 Å². The summed E-state index contributed by atoms with van der Waals surface area (Å²) >= 11 is 1.22. The lowest BCUT2D eigenvalue weighted by molar-refractivity contribution is 0.202. The molecule has 0 aliphatic carbocycles. The van der Waals surface area contributed by atoms with Gasteiger partial charge in [-0.2, -0.15) is 0 Å². The highest BCUT2D eigenvalue weighted by Gasteiger charge is 2.00. The standard InChI is InChI=1S/C4H5N3O2S/c5-7-4(8)9-3-1-6-2-10-3/h1-2H,5H2,(H,7,8). The molecule has 3 N–H and O–H groups in total. The van der Waals surface area contributed by atoms with Crippen molar-refractivity contribution in [3.8, 4) is 5.06 Å². The number of ether oxygens (including phenoxy) is 1. The zero-order valence-electron chi connectivity index (χ0n) is 4.90. The first kappa shape index (κ1) is 6.97. The Labute approximate surface area is 60.8 Å². The number of carbonyl (C=O) groups is 1. The first-order chi connectivity index (χ1) is 4.83. The Balaban J connectivity index is 2.48. The maximum Gasteiger partial charge on any atom is 0.427 e. The van der Waals surface area contributed by atoms with Gasteiger partial charge in [-0.3, -0.25) is 5.43 Å². The Hall–Kier alpha value is -1.14. The molecular formula is C4H5N3O2S. The van der Waals surface area contributed by atoms with Gasteiger partial charge in [0.25, 0.3) is 0 Å². The summed E-state index contributed by atoms with van der Waals surface area (Å²) in [6.45, 7) is 0. The molecule has 5 nitrogen and oxygen atoms in total. The van der Waals surface area contributed by atoms with Gasteiger partial charge in [0.15, 0.2) is 0 Å². The molecule has 0 aromatic carbocycles. The minimum Gasteiger partial charge on any atom is -0.397 e. The third kappa shape index (κ3) is 1.67. The number of hydrazine groups is 1. The molecule has 0 unspecified atom stereocenters. The number of aromatic nitrogens is 1. The molecule has 0 fully saturated rings. The quantitative estimate of drug-likeness (QED) is 0.346. The number of rotatable bonds is 1. The molecule has 54 valence electrons. The van der Waals surface area contributed by atoms with Crippen LogP contribution >= 0.6 is 11.3 Å². The Kier molecular flexibility index (Phi) is 2.19. The zero-order chi connectivity index (χ0) is 7.40. The van der Waals surface area contributed by atoms with Crippen LogP contribution in [-0.4, -0.2) is 11.1 Å². The van der Waals surface area contributed by atoms with Crippen molar-refractivity contribution < 1.29 is 9.53 Å². The number of hydrogen-bond donors (Lipinski definition) is 2. The van der Waals surface area contributed by atoms with Crippen LogP contribution < -0.4 is 16.0 Å². The molecule has 0 aliphatic rings. The van der Waals surface area contributed by atoms with E-state index in [4.69, 9.17) is 5.84 Å². The molecule has 1 rings (SSSR count). The smallest absolute Gasteiger partial charge is 0.397 e. The van der Waals surface area contributed by atoms with Crippen LogP contribution in [0.15, 0.2) is 11.7 Å². The summed E-state index contributed by atoms with van der Waals surface area (Å²) in [5.74, 6) is 4.75. The van der Waals surface area contributed by atoms with Gasteiger partial charge < -0.3 is 4.74 Å². The highest BCUT2D eigenvalue weighted by Crippen LogP contribution is 2.14. The average molecular weight is 159 g/mol. The van der Waals surface area contributed by atoms with Crippen LogP contribution in [0.3, 0.4) is 0 Å². The maximum absolute atomic E-state index is 10.4. The first-order valence-corrected chi connectivity index (χ1v) is 3.28. The Bertz CT molecular complexity index is 210. The number of amides is 1.